The zero-order valence-corrected chi connectivity index (χ0v) is 9.99. The van der Waals surface area contributed by atoms with Crippen LogP contribution in [0.2, 0.25) is 0 Å². The first kappa shape index (κ1) is 10.9. The van der Waals surface area contributed by atoms with Crippen LogP contribution in [-0.4, -0.2) is 19.5 Å². The predicted octanol–water partition coefficient (Wildman–Crippen LogP) is 2.12. The Balaban J connectivity index is 2.07. The van der Waals surface area contributed by atoms with Crippen molar-refractivity contribution in [2.24, 2.45) is 0 Å². The average Bonchev–Trinajstić information content (AvgIpc) is 2.82. The predicted molar refractivity (Wildman–Crippen MR) is 68.2 cm³/mol. The monoisotopic (exact) mass is 239 g/mol. The molecular weight excluding hydrogens is 226 g/mol. The molecule has 1 N–H and O–H groups in total. The lowest BCUT2D eigenvalue weighted by Crippen LogP contribution is -2.02. The summed E-state index contributed by atoms with van der Waals surface area (Å²) in [7, 11) is 0. The smallest absolute Gasteiger partial charge is 0.137 e. The van der Waals surface area contributed by atoms with Gasteiger partial charge in [-0.3, -0.25) is 4.98 Å². The second-order valence-electron chi connectivity index (χ2n) is 4.27. The number of imidazole rings is 1. The topological polar surface area (TPSA) is 50.4 Å². The number of nitrogens with zero attached hydrogens (tertiary/aromatic N) is 3. The molecule has 0 amide bonds. The van der Waals surface area contributed by atoms with Crippen molar-refractivity contribution in [1.82, 2.24) is 14.4 Å². The third kappa shape index (κ3) is 1.76. The molecule has 1 unspecified atom stereocenters. The van der Waals surface area contributed by atoms with Gasteiger partial charge in [-0.15, -0.1) is 0 Å². The van der Waals surface area contributed by atoms with E-state index in [-0.39, 0.29) is 0 Å². The molecule has 0 saturated heterocycles. The Morgan fingerprint density at radius 3 is 2.94 bits per heavy atom. The number of aromatic nitrogens is 3. The van der Waals surface area contributed by atoms with Gasteiger partial charge in [-0.05, 0) is 30.7 Å². The molecular formula is C14H13N3O. The molecule has 0 saturated carbocycles. The molecule has 0 aromatic carbocycles. The third-order valence-electron chi connectivity index (χ3n) is 3.04. The molecule has 0 radical (unpaired) electrons. The quantitative estimate of drug-likeness (QED) is 0.745. The van der Waals surface area contributed by atoms with Crippen LogP contribution in [0.25, 0.3) is 5.65 Å². The Kier molecular flexibility index (Phi) is 2.57. The van der Waals surface area contributed by atoms with E-state index in [1.807, 2.05) is 48.0 Å². The van der Waals surface area contributed by atoms with Crippen LogP contribution in [0.15, 0.2) is 49.1 Å². The molecule has 3 aromatic rings. The van der Waals surface area contributed by atoms with E-state index in [9.17, 15) is 5.11 Å². The van der Waals surface area contributed by atoms with Gasteiger partial charge in [0.15, 0.2) is 0 Å². The molecule has 3 heterocycles. The van der Waals surface area contributed by atoms with Crippen LogP contribution < -0.4 is 0 Å². The van der Waals surface area contributed by atoms with Gasteiger partial charge in [0.05, 0.1) is 5.69 Å². The highest BCUT2D eigenvalue weighted by Crippen LogP contribution is 2.23. The summed E-state index contributed by atoms with van der Waals surface area (Å²) in [4.78, 5) is 8.47. The second-order valence-corrected chi connectivity index (χ2v) is 4.27. The zero-order chi connectivity index (χ0) is 12.5. The summed E-state index contributed by atoms with van der Waals surface area (Å²) in [5.41, 5.74) is 3.26. The van der Waals surface area contributed by atoms with Crippen LogP contribution in [0, 0.1) is 6.92 Å². The molecule has 3 rings (SSSR count). The lowest BCUT2D eigenvalue weighted by Gasteiger charge is -2.09. The second kappa shape index (κ2) is 4.23. The summed E-state index contributed by atoms with van der Waals surface area (Å²) in [5.74, 6) is 0. The molecule has 1 atom stereocenters. The number of hydrogen-bond acceptors (Lipinski definition) is 3. The van der Waals surface area contributed by atoms with Crippen molar-refractivity contribution in [1.29, 1.82) is 0 Å². The lowest BCUT2D eigenvalue weighted by atomic mass is 10.0. The van der Waals surface area contributed by atoms with Crippen LogP contribution in [-0.2, 0) is 0 Å². The Morgan fingerprint density at radius 2 is 2.17 bits per heavy atom. The molecule has 90 valence electrons. The van der Waals surface area contributed by atoms with Crippen LogP contribution in [0.5, 0.6) is 0 Å². The normalized spacial score (nSPS) is 12.8. The van der Waals surface area contributed by atoms with Crippen molar-refractivity contribution in [2.45, 2.75) is 13.0 Å². The maximum Gasteiger partial charge on any atom is 0.137 e. The number of fused-ring (bicyclic) bond motifs is 1. The van der Waals surface area contributed by atoms with Gasteiger partial charge in [0, 0.05) is 30.4 Å². The minimum absolute atomic E-state index is 0.636. The Bertz CT molecular complexity index is 657. The summed E-state index contributed by atoms with van der Waals surface area (Å²) in [6, 6.07) is 7.65. The minimum Gasteiger partial charge on any atom is -0.382 e. The van der Waals surface area contributed by atoms with E-state index in [1.54, 1.807) is 12.4 Å². The Hall–Kier alpha value is -2.20. The van der Waals surface area contributed by atoms with Crippen molar-refractivity contribution in [3.05, 3.63) is 65.9 Å². The number of aryl methyl sites for hydroxylation is 1. The first-order valence-electron chi connectivity index (χ1n) is 5.78. The highest BCUT2D eigenvalue weighted by atomic mass is 16.3. The third-order valence-corrected chi connectivity index (χ3v) is 3.04. The van der Waals surface area contributed by atoms with Gasteiger partial charge < -0.3 is 9.51 Å². The van der Waals surface area contributed by atoms with Crippen LogP contribution in [0.1, 0.15) is 22.9 Å². The lowest BCUT2D eigenvalue weighted by molar-refractivity contribution is 0.215. The van der Waals surface area contributed by atoms with E-state index in [4.69, 9.17) is 0 Å². The Morgan fingerprint density at radius 1 is 1.28 bits per heavy atom. The number of pyridine rings is 2. The fourth-order valence-corrected chi connectivity index (χ4v) is 2.01. The van der Waals surface area contributed by atoms with Gasteiger partial charge in [-0.2, -0.15) is 0 Å². The highest BCUT2D eigenvalue weighted by Gasteiger charge is 2.16. The maximum atomic E-state index is 10.4. The summed E-state index contributed by atoms with van der Waals surface area (Å²) < 4.78 is 1.89. The number of aliphatic hydroxyl groups excluding tert-OH is 1. The maximum absolute atomic E-state index is 10.4. The SMILES string of the molecule is Cc1ccncc1C(O)c1cn2ccccc2n1. The molecule has 18 heavy (non-hydrogen) atoms. The largest absolute Gasteiger partial charge is 0.382 e. The minimum atomic E-state index is -0.737. The fraction of sp³-hybridized carbons (Fsp3) is 0.143. The molecule has 3 aromatic heterocycles. The van der Waals surface area contributed by atoms with Gasteiger partial charge in [-0.1, -0.05) is 6.07 Å². The van der Waals surface area contributed by atoms with Crippen molar-refractivity contribution in [3.63, 3.8) is 0 Å². The number of rotatable bonds is 2. The average molecular weight is 239 g/mol. The van der Waals surface area contributed by atoms with Gasteiger partial charge in [0.1, 0.15) is 11.8 Å². The van der Waals surface area contributed by atoms with Crippen molar-refractivity contribution >= 4 is 5.65 Å². The van der Waals surface area contributed by atoms with Crippen molar-refractivity contribution in [2.75, 3.05) is 0 Å². The zero-order valence-electron chi connectivity index (χ0n) is 9.99. The molecule has 0 bridgehead atoms. The van der Waals surface area contributed by atoms with E-state index < -0.39 is 6.10 Å². The van der Waals surface area contributed by atoms with E-state index >= 15 is 0 Å². The summed E-state index contributed by atoms with van der Waals surface area (Å²) in [5, 5.41) is 10.4. The molecule has 0 aliphatic carbocycles. The number of hydrogen-bond donors (Lipinski definition) is 1. The Labute approximate surface area is 105 Å². The standard InChI is InChI=1S/C14H13N3O/c1-10-5-6-15-8-11(10)14(18)12-9-17-7-3-2-4-13(17)16-12/h2-9,14,18H,1H3. The first-order chi connectivity index (χ1) is 8.75. The van der Waals surface area contributed by atoms with E-state index in [0.717, 1.165) is 16.8 Å². The van der Waals surface area contributed by atoms with Crippen LogP contribution in [0.4, 0.5) is 0 Å². The highest BCUT2D eigenvalue weighted by molar-refractivity contribution is 5.41. The fourth-order valence-electron chi connectivity index (χ4n) is 2.01. The molecule has 4 heteroatoms. The molecule has 0 aliphatic heterocycles. The molecule has 0 spiro atoms. The van der Waals surface area contributed by atoms with Crippen LogP contribution in [0.3, 0.4) is 0 Å². The summed E-state index contributed by atoms with van der Waals surface area (Å²) in [6.45, 7) is 1.95. The molecule has 0 aliphatic rings. The first-order valence-corrected chi connectivity index (χ1v) is 5.78. The van der Waals surface area contributed by atoms with Gasteiger partial charge in [0.2, 0.25) is 0 Å². The van der Waals surface area contributed by atoms with E-state index in [1.165, 1.54) is 0 Å². The number of aliphatic hydroxyl groups is 1. The van der Waals surface area contributed by atoms with Crippen molar-refractivity contribution in [3.8, 4) is 0 Å². The molecule has 0 fully saturated rings. The van der Waals surface area contributed by atoms with Gasteiger partial charge >= 0.3 is 0 Å². The van der Waals surface area contributed by atoms with E-state index in [2.05, 4.69) is 9.97 Å². The van der Waals surface area contributed by atoms with Gasteiger partial charge in [0.25, 0.3) is 0 Å². The molecule has 4 nitrogen and oxygen atoms in total. The van der Waals surface area contributed by atoms with Crippen LogP contribution >= 0.6 is 0 Å². The summed E-state index contributed by atoms with van der Waals surface area (Å²) in [6.07, 6.45) is 6.42. The van der Waals surface area contributed by atoms with E-state index in [0.29, 0.717) is 5.69 Å². The van der Waals surface area contributed by atoms with Gasteiger partial charge in [-0.25, -0.2) is 4.98 Å². The van der Waals surface area contributed by atoms with Crippen molar-refractivity contribution < 1.29 is 5.11 Å². The summed E-state index contributed by atoms with van der Waals surface area (Å²) >= 11 is 0.